The molecule has 0 saturated carbocycles. The summed E-state index contributed by atoms with van der Waals surface area (Å²) in [6.45, 7) is 4.09. The van der Waals surface area contributed by atoms with Crippen LogP contribution in [0.2, 0.25) is 0 Å². The molecular formula is C18H27N3O5. The molecular weight excluding hydrogens is 338 g/mol. The fourth-order valence-electron chi connectivity index (χ4n) is 2.86. The second-order valence-electron chi connectivity index (χ2n) is 6.41. The Balaban J connectivity index is 1.67. The van der Waals surface area contributed by atoms with E-state index in [9.17, 15) is 14.4 Å². The molecule has 0 spiro atoms. The summed E-state index contributed by atoms with van der Waals surface area (Å²) in [7, 11) is 1.61. The molecule has 1 aromatic heterocycles. The number of nitrogens with one attached hydrogen (secondary N) is 1. The summed E-state index contributed by atoms with van der Waals surface area (Å²) in [4.78, 5) is 39.4. The van der Waals surface area contributed by atoms with Crippen LogP contribution in [0.1, 0.15) is 25.5 Å². The van der Waals surface area contributed by atoms with Gasteiger partial charge >= 0.3 is 5.97 Å². The van der Waals surface area contributed by atoms with Crippen molar-refractivity contribution in [1.82, 2.24) is 15.1 Å². The lowest BCUT2D eigenvalue weighted by Crippen LogP contribution is -2.45. The highest BCUT2D eigenvalue weighted by atomic mass is 16.5. The first-order chi connectivity index (χ1) is 12.5. The van der Waals surface area contributed by atoms with Crippen LogP contribution in [-0.4, -0.2) is 67.4 Å². The molecule has 0 aliphatic carbocycles. The van der Waals surface area contributed by atoms with Gasteiger partial charge < -0.3 is 19.4 Å². The van der Waals surface area contributed by atoms with Crippen LogP contribution >= 0.6 is 0 Å². The quantitative estimate of drug-likeness (QED) is 0.680. The molecule has 0 atom stereocenters. The standard InChI is InChI=1S/C18H27N3O5/c1-3-25-18(24)14-6-8-21(9-7-14)13-17(23)20(2)12-16(22)19-11-15-5-4-10-26-15/h4-5,10,14H,3,6-9,11-13H2,1-2H3,(H,19,22). The van der Waals surface area contributed by atoms with E-state index in [-0.39, 0.29) is 36.8 Å². The van der Waals surface area contributed by atoms with Gasteiger partial charge in [-0.3, -0.25) is 19.3 Å². The van der Waals surface area contributed by atoms with Gasteiger partial charge in [0, 0.05) is 7.05 Å². The Hall–Kier alpha value is -2.35. The maximum atomic E-state index is 12.3. The van der Waals surface area contributed by atoms with Crippen LogP contribution < -0.4 is 5.32 Å². The van der Waals surface area contributed by atoms with Crippen molar-refractivity contribution in [3.63, 3.8) is 0 Å². The predicted octanol–water partition coefficient (Wildman–Crippen LogP) is 0.629. The third-order valence-corrected chi connectivity index (χ3v) is 4.41. The van der Waals surface area contributed by atoms with Crippen LogP contribution in [0.4, 0.5) is 0 Å². The number of nitrogens with zero attached hydrogens (tertiary/aromatic N) is 2. The summed E-state index contributed by atoms with van der Waals surface area (Å²) in [5.74, 6) is 0.0815. The summed E-state index contributed by atoms with van der Waals surface area (Å²) in [6, 6.07) is 3.53. The minimum atomic E-state index is -0.238. The first-order valence-corrected chi connectivity index (χ1v) is 8.91. The molecule has 0 bridgehead atoms. The van der Waals surface area contributed by atoms with Gasteiger partial charge in [0.1, 0.15) is 5.76 Å². The topological polar surface area (TPSA) is 92.1 Å². The molecule has 1 N–H and O–H groups in total. The summed E-state index contributed by atoms with van der Waals surface area (Å²) < 4.78 is 10.2. The molecule has 1 saturated heterocycles. The van der Waals surface area contributed by atoms with Gasteiger partial charge in [-0.15, -0.1) is 0 Å². The van der Waals surface area contributed by atoms with Gasteiger partial charge in [-0.1, -0.05) is 0 Å². The first kappa shape index (κ1) is 20.0. The van der Waals surface area contributed by atoms with Crippen molar-refractivity contribution in [2.75, 3.05) is 39.8 Å². The highest BCUT2D eigenvalue weighted by molar-refractivity contribution is 5.85. The average molecular weight is 365 g/mol. The smallest absolute Gasteiger partial charge is 0.309 e. The van der Waals surface area contributed by atoms with Gasteiger partial charge in [0.2, 0.25) is 11.8 Å². The number of furan rings is 1. The number of ether oxygens (including phenoxy) is 1. The highest BCUT2D eigenvalue weighted by Crippen LogP contribution is 2.18. The summed E-state index contributed by atoms with van der Waals surface area (Å²) >= 11 is 0. The summed E-state index contributed by atoms with van der Waals surface area (Å²) in [5, 5.41) is 2.71. The number of amides is 2. The Morgan fingerprint density at radius 3 is 2.69 bits per heavy atom. The Bertz CT molecular complexity index is 594. The zero-order chi connectivity index (χ0) is 18.9. The molecule has 1 aliphatic rings. The number of likely N-dealkylation sites (N-methyl/N-ethyl adjacent to an activating group) is 1. The van der Waals surface area contributed by atoms with Crippen LogP contribution in [-0.2, 0) is 25.7 Å². The molecule has 0 aromatic carbocycles. The minimum Gasteiger partial charge on any atom is -0.467 e. The van der Waals surface area contributed by atoms with Gasteiger partial charge in [0.15, 0.2) is 0 Å². The fraction of sp³-hybridized carbons (Fsp3) is 0.611. The van der Waals surface area contributed by atoms with E-state index in [0.29, 0.717) is 44.8 Å². The number of esters is 1. The molecule has 0 radical (unpaired) electrons. The fourth-order valence-corrected chi connectivity index (χ4v) is 2.86. The van der Waals surface area contributed by atoms with E-state index in [2.05, 4.69) is 5.32 Å². The largest absolute Gasteiger partial charge is 0.467 e. The van der Waals surface area contributed by atoms with Crippen LogP contribution in [0.3, 0.4) is 0 Å². The number of carbonyl (C=O) groups is 3. The van der Waals surface area contributed by atoms with Crippen molar-refractivity contribution in [2.24, 2.45) is 5.92 Å². The van der Waals surface area contributed by atoms with Gasteiger partial charge in [0.25, 0.3) is 0 Å². The predicted molar refractivity (Wildman–Crippen MR) is 94.0 cm³/mol. The molecule has 1 aliphatic heterocycles. The third-order valence-electron chi connectivity index (χ3n) is 4.41. The van der Waals surface area contributed by atoms with Crippen molar-refractivity contribution in [3.05, 3.63) is 24.2 Å². The van der Waals surface area contributed by atoms with Crippen LogP contribution in [0.25, 0.3) is 0 Å². The Labute approximate surface area is 153 Å². The molecule has 2 rings (SSSR count). The number of likely N-dealkylation sites (tertiary alicyclic amines) is 1. The molecule has 8 nitrogen and oxygen atoms in total. The van der Waals surface area contributed by atoms with Crippen LogP contribution in [0.5, 0.6) is 0 Å². The van der Waals surface area contributed by atoms with Crippen molar-refractivity contribution in [2.45, 2.75) is 26.3 Å². The lowest BCUT2D eigenvalue weighted by molar-refractivity contribution is -0.149. The number of hydrogen-bond acceptors (Lipinski definition) is 6. The monoisotopic (exact) mass is 365 g/mol. The average Bonchev–Trinajstić information content (AvgIpc) is 3.14. The second kappa shape index (κ2) is 9.96. The maximum Gasteiger partial charge on any atom is 0.309 e. The molecule has 1 fully saturated rings. The van der Waals surface area contributed by atoms with Crippen molar-refractivity contribution in [1.29, 1.82) is 0 Å². The van der Waals surface area contributed by atoms with E-state index in [0.717, 1.165) is 0 Å². The van der Waals surface area contributed by atoms with E-state index in [1.54, 1.807) is 32.4 Å². The van der Waals surface area contributed by atoms with Crippen molar-refractivity contribution < 1.29 is 23.5 Å². The molecule has 26 heavy (non-hydrogen) atoms. The SMILES string of the molecule is CCOC(=O)C1CCN(CC(=O)N(C)CC(=O)NCc2ccco2)CC1. The van der Waals surface area contributed by atoms with Gasteiger partial charge in [-0.05, 0) is 45.0 Å². The molecule has 144 valence electrons. The maximum absolute atomic E-state index is 12.3. The van der Waals surface area contributed by atoms with E-state index in [4.69, 9.17) is 9.15 Å². The number of carbonyl (C=O) groups excluding carboxylic acids is 3. The molecule has 2 amide bonds. The second-order valence-corrected chi connectivity index (χ2v) is 6.41. The van der Waals surface area contributed by atoms with E-state index in [1.165, 1.54) is 4.90 Å². The Morgan fingerprint density at radius 1 is 1.35 bits per heavy atom. The summed E-state index contributed by atoms with van der Waals surface area (Å²) in [6.07, 6.45) is 2.93. The van der Waals surface area contributed by atoms with Gasteiger partial charge in [0.05, 0.1) is 38.4 Å². The van der Waals surface area contributed by atoms with Gasteiger partial charge in [-0.25, -0.2) is 0 Å². The highest BCUT2D eigenvalue weighted by Gasteiger charge is 2.27. The lowest BCUT2D eigenvalue weighted by Gasteiger charge is -2.31. The van der Waals surface area contributed by atoms with E-state index in [1.807, 2.05) is 4.90 Å². The van der Waals surface area contributed by atoms with Crippen LogP contribution in [0, 0.1) is 5.92 Å². The molecule has 8 heteroatoms. The zero-order valence-corrected chi connectivity index (χ0v) is 15.4. The molecule has 1 aromatic rings. The summed E-state index contributed by atoms with van der Waals surface area (Å²) in [5.41, 5.74) is 0. The number of rotatable bonds is 8. The van der Waals surface area contributed by atoms with Crippen molar-refractivity contribution >= 4 is 17.8 Å². The molecule has 2 heterocycles. The Kier molecular flexibility index (Phi) is 7.65. The first-order valence-electron chi connectivity index (χ1n) is 8.91. The van der Waals surface area contributed by atoms with Crippen LogP contribution in [0.15, 0.2) is 22.8 Å². The number of piperidine rings is 1. The molecule has 0 unspecified atom stereocenters. The van der Waals surface area contributed by atoms with Crippen molar-refractivity contribution in [3.8, 4) is 0 Å². The minimum absolute atomic E-state index is 0.00116. The third kappa shape index (κ3) is 6.18. The van der Waals surface area contributed by atoms with Gasteiger partial charge in [-0.2, -0.15) is 0 Å². The Morgan fingerprint density at radius 2 is 2.08 bits per heavy atom. The zero-order valence-electron chi connectivity index (χ0n) is 15.4. The van der Waals surface area contributed by atoms with E-state index >= 15 is 0 Å². The normalized spacial score (nSPS) is 15.5. The lowest BCUT2D eigenvalue weighted by atomic mass is 9.97. The van der Waals surface area contributed by atoms with E-state index < -0.39 is 0 Å². The number of hydrogen-bond donors (Lipinski definition) is 1.